The Bertz CT molecular complexity index is 1180. The van der Waals surface area contributed by atoms with Crippen LogP contribution in [0.4, 0.5) is 23.3 Å². The van der Waals surface area contributed by atoms with Crippen LogP contribution in [-0.2, 0) is 17.7 Å². The molecule has 0 radical (unpaired) electrons. The number of thiophene rings is 1. The van der Waals surface area contributed by atoms with Crippen LogP contribution >= 0.6 is 23.3 Å². The van der Waals surface area contributed by atoms with Crippen molar-refractivity contribution in [3.05, 3.63) is 16.6 Å². The van der Waals surface area contributed by atoms with Crippen LogP contribution in [0, 0.1) is 0 Å². The fourth-order valence-electron chi connectivity index (χ4n) is 4.62. The number of aromatic nitrogens is 3. The smallest absolute Gasteiger partial charge is 0.221 e. The molecule has 7 N–H and O–H groups in total. The number of fused-ring (bicyclic) bond motifs is 3. The number of rotatable bonds is 3. The van der Waals surface area contributed by atoms with Gasteiger partial charge in [0.05, 0.1) is 29.2 Å². The number of anilines is 4. The summed E-state index contributed by atoms with van der Waals surface area (Å²) >= 11 is 3.60. The maximum Gasteiger partial charge on any atom is 0.221 e. The maximum atomic E-state index is 6.86. The minimum absolute atomic E-state index is 0.131. The molecule has 3 aromatic heterocycles. The molecule has 0 atom stereocenters. The van der Waals surface area contributed by atoms with Gasteiger partial charge in [0.25, 0.3) is 0 Å². The number of nitrogen functional groups attached to an aromatic ring is 3. The van der Waals surface area contributed by atoms with Crippen molar-refractivity contribution in [2.45, 2.75) is 19.4 Å². The molecule has 0 saturated carbocycles. The molecule has 10 nitrogen and oxygen atoms in total. The van der Waals surface area contributed by atoms with Crippen LogP contribution in [0.2, 0.25) is 0 Å². The molecule has 5 heterocycles. The summed E-state index contributed by atoms with van der Waals surface area (Å²) in [4.78, 5) is 17.0. The zero-order valence-electron chi connectivity index (χ0n) is 19.3. The van der Waals surface area contributed by atoms with Gasteiger partial charge in [-0.05, 0) is 24.7 Å². The van der Waals surface area contributed by atoms with E-state index in [4.69, 9.17) is 26.9 Å². The molecule has 0 aromatic carbocycles. The van der Waals surface area contributed by atoms with E-state index in [0.717, 1.165) is 68.0 Å². The second-order valence-corrected chi connectivity index (χ2v) is 10.4. The summed E-state index contributed by atoms with van der Waals surface area (Å²) in [5, 5.41) is 4.71. The number of nitrogens with one attached hydrogen (secondary N) is 1. The molecule has 5 rings (SSSR count). The van der Waals surface area contributed by atoms with Crippen molar-refractivity contribution in [3.8, 4) is 11.3 Å². The molecule has 34 heavy (non-hydrogen) atoms. The molecule has 12 heteroatoms. The second kappa shape index (κ2) is 10.1. The van der Waals surface area contributed by atoms with Crippen molar-refractivity contribution < 1.29 is 4.74 Å². The first kappa shape index (κ1) is 23.4. The zero-order valence-corrected chi connectivity index (χ0v) is 21.0. The Labute approximate surface area is 207 Å². The predicted molar refractivity (Wildman–Crippen MR) is 142 cm³/mol. The van der Waals surface area contributed by atoms with E-state index >= 15 is 0 Å². The van der Waals surface area contributed by atoms with E-state index in [9.17, 15) is 0 Å². The lowest BCUT2D eigenvalue weighted by atomic mass is 10.0. The summed E-state index contributed by atoms with van der Waals surface area (Å²) in [7, 11) is 0. The van der Waals surface area contributed by atoms with Gasteiger partial charge < -0.3 is 32.2 Å². The number of nitrogens with two attached hydrogens (primary N) is 3. The van der Waals surface area contributed by atoms with E-state index in [-0.39, 0.29) is 11.8 Å². The van der Waals surface area contributed by atoms with Crippen molar-refractivity contribution >= 4 is 56.6 Å². The second-order valence-electron chi connectivity index (χ2n) is 8.42. The van der Waals surface area contributed by atoms with Gasteiger partial charge in [0.1, 0.15) is 17.3 Å². The first-order valence-electron chi connectivity index (χ1n) is 11.5. The molecule has 1 saturated heterocycles. The van der Waals surface area contributed by atoms with Gasteiger partial charge in [-0.1, -0.05) is 11.9 Å². The van der Waals surface area contributed by atoms with Gasteiger partial charge in [-0.2, -0.15) is 4.98 Å². The Morgan fingerprint density at radius 3 is 2.71 bits per heavy atom. The lowest BCUT2D eigenvalue weighted by molar-refractivity contribution is 0.122. The van der Waals surface area contributed by atoms with Gasteiger partial charge in [-0.15, -0.1) is 11.3 Å². The van der Waals surface area contributed by atoms with E-state index < -0.39 is 0 Å². The predicted octanol–water partition coefficient (Wildman–Crippen LogP) is 1.95. The molecule has 0 amide bonds. The van der Waals surface area contributed by atoms with E-state index in [0.29, 0.717) is 30.2 Å². The van der Waals surface area contributed by atoms with Crippen molar-refractivity contribution in [2.24, 2.45) is 0 Å². The lowest BCUT2D eigenvalue weighted by Gasteiger charge is -2.29. The van der Waals surface area contributed by atoms with E-state index in [2.05, 4.69) is 30.7 Å². The largest absolute Gasteiger partial charge is 0.396 e. The van der Waals surface area contributed by atoms with E-state index in [1.54, 1.807) is 29.5 Å². The van der Waals surface area contributed by atoms with Crippen molar-refractivity contribution in [1.29, 1.82) is 0 Å². The monoisotopic (exact) mass is 501 g/mol. The average Bonchev–Trinajstić information content (AvgIpc) is 3.21. The van der Waals surface area contributed by atoms with Crippen LogP contribution in [0.3, 0.4) is 0 Å². The summed E-state index contributed by atoms with van der Waals surface area (Å²) in [6.45, 7) is 6.74. The fraction of sp³-hybridized carbons (Fsp3) is 0.500. The summed E-state index contributed by atoms with van der Waals surface area (Å²) in [5.41, 5.74) is 22.0. The Morgan fingerprint density at radius 2 is 1.94 bits per heavy atom. The number of hydrogen-bond acceptors (Lipinski definition) is 12. The maximum absolute atomic E-state index is 6.86. The van der Waals surface area contributed by atoms with E-state index in [1.165, 1.54) is 10.4 Å². The van der Waals surface area contributed by atoms with Crippen LogP contribution < -0.4 is 27.4 Å². The molecule has 2 aliphatic heterocycles. The summed E-state index contributed by atoms with van der Waals surface area (Å²) < 4.78 is 9.15. The molecule has 0 bridgehead atoms. The average molecular weight is 502 g/mol. The minimum Gasteiger partial charge on any atom is -0.396 e. The highest BCUT2D eigenvalue weighted by molar-refractivity contribution is 7.96. The fourth-order valence-corrected chi connectivity index (χ4v) is 6.55. The van der Waals surface area contributed by atoms with Gasteiger partial charge in [0.2, 0.25) is 5.95 Å². The highest BCUT2D eigenvalue weighted by atomic mass is 32.2. The van der Waals surface area contributed by atoms with Gasteiger partial charge in [-0.25, -0.2) is 14.3 Å². The first-order chi connectivity index (χ1) is 16.6. The zero-order chi connectivity index (χ0) is 23.7. The van der Waals surface area contributed by atoms with Crippen LogP contribution in [-0.4, -0.2) is 71.5 Å². The summed E-state index contributed by atoms with van der Waals surface area (Å²) in [6.07, 6.45) is 5.78. The Morgan fingerprint density at radius 1 is 1.12 bits per heavy atom. The Balaban J connectivity index is 1.70. The Kier molecular flexibility index (Phi) is 6.93. The SMILES string of the molecule is CSN1CCCc2c(sc3c(N4CCOCC4)nc(-c4cnc(N)nc4N)c(N)c23)CNCC1. The number of morpholine rings is 1. The number of pyridine rings is 1. The third-order valence-corrected chi connectivity index (χ3v) is 8.46. The first-order valence-corrected chi connectivity index (χ1v) is 13.5. The van der Waals surface area contributed by atoms with Gasteiger partial charge >= 0.3 is 0 Å². The molecule has 1 fully saturated rings. The molecule has 0 aliphatic carbocycles. The highest BCUT2D eigenvalue weighted by Gasteiger charge is 2.26. The van der Waals surface area contributed by atoms with Crippen LogP contribution in [0.5, 0.6) is 0 Å². The minimum atomic E-state index is 0.131. The number of nitrogens with zero attached hydrogens (tertiary/aromatic N) is 5. The van der Waals surface area contributed by atoms with Gasteiger partial charge in [0.15, 0.2) is 0 Å². The van der Waals surface area contributed by atoms with Crippen LogP contribution in [0.15, 0.2) is 6.20 Å². The third kappa shape index (κ3) is 4.48. The molecular formula is C22H31N9OS2. The van der Waals surface area contributed by atoms with Crippen molar-refractivity contribution in [1.82, 2.24) is 24.6 Å². The molecule has 3 aromatic rings. The number of aryl methyl sites for hydroxylation is 1. The third-order valence-electron chi connectivity index (χ3n) is 6.35. The topological polar surface area (TPSA) is 144 Å². The summed E-state index contributed by atoms with van der Waals surface area (Å²) in [6, 6.07) is 0. The Hall–Kier alpha value is -2.38. The molecular weight excluding hydrogens is 470 g/mol. The van der Waals surface area contributed by atoms with Gasteiger partial charge in [0, 0.05) is 55.7 Å². The molecule has 2 aliphatic rings. The van der Waals surface area contributed by atoms with Crippen LogP contribution in [0.1, 0.15) is 16.9 Å². The number of ether oxygens (including phenoxy) is 1. The van der Waals surface area contributed by atoms with E-state index in [1.807, 2.05) is 0 Å². The molecule has 0 unspecified atom stereocenters. The van der Waals surface area contributed by atoms with Gasteiger partial charge in [-0.3, -0.25) is 0 Å². The van der Waals surface area contributed by atoms with Crippen LogP contribution in [0.25, 0.3) is 21.3 Å². The molecule has 0 spiro atoms. The highest BCUT2D eigenvalue weighted by Crippen LogP contribution is 2.45. The normalized spacial score (nSPS) is 18.2. The molecule has 182 valence electrons. The van der Waals surface area contributed by atoms with Crippen molar-refractivity contribution in [3.63, 3.8) is 0 Å². The number of hydrogen-bond donors (Lipinski definition) is 4. The van der Waals surface area contributed by atoms with Crippen molar-refractivity contribution in [2.75, 3.05) is 74.3 Å². The summed E-state index contributed by atoms with van der Waals surface area (Å²) in [5.74, 6) is 1.34. The standard InChI is InChI=1S/C22H31N9OS2/c1-33-31-5-2-3-13-15(12-26-4-6-31)34-19-16(13)17(23)18(14-11-27-22(25)29-20(14)24)28-21(19)30-7-9-32-10-8-30/h11,26H,2-10,12,23H2,1H3,(H4,24,25,27,29). The quantitative estimate of drug-likeness (QED) is 0.391. The lowest BCUT2D eigenvalue weighted by Crippen LogP contribution is -2.36.